The summed E-state index contributed by atoms with van der Waals surface area (Å²) in [5.74, 6) is 1.28. The van der Waals surface area contributed by atoms with Crippen molar-refractivity contribution in [1.82, 2.24) is 9.97 Å². The van der Waals surface area contributed by atoms with Crippen LogP contribution in [-0.4, -0.2) is 33.9 Å². The van der Waals surface area contributed by atoms with Gasteiger partial charge in [-0.2, -0.15) is 4.98 Å². The lowest BCUT2D eigenvalue weighted by Gasteiger charge is -2.43. The van der Waals surface area contributed by atoms with Gasteiger partial charge in [0.1, 0.15) is 11.7 Å². The highest BCUT2D eigenvalue weighted by atomic mass is 16.2. The van der Waals surface area contributed by atoms with Gasteiger partial charge in [-0.3, -0.25) is 14.5 Å². The molecule has 6 rings (SSSR count). The number of hydrogen-bond acceptors (Lipinski definition) is 6. The molecule has 172 valence electrons. The molecule has 3 heterocycles. The summed E-state index contributed by atoms with van der Waals surface area (Å²) in [6.45, 7) is 1.97. The normalized spacial score (nSPS) is 19.7. The maximum atomic E-state index is 13.5. The van der Waals surface area contributed by atoms with E-state index in [0.717, 1.165) is 54.1 Å². The number of nitrogens with one attached hydrogen (secondary N) is 2. The fraction of sp³-hybridized carbons (Fsp3) is 0.308. The monoisotopic (exact) mass is 454 g/mol. The van der Waals surface area contributed by atoms with Gasteiger partial charge in [0.05, 0.1) is 12.6 Å². The maximum Gasteiger partial charge on any atom is 0.254 e. The van der Waals surface area contributed by atoms with Crippen LogP contribution >= 0.6 is 0 Å². The number of carbonyl (C=O) groups excluding carboxylic acids is 2. The zero-order valence-corrected chi connectivity index (χ0v) is 19.0. The predicted molar refractivity (Wildman–Crippen MR) is 132 cm³/mol. The predicted octanol–water partition coefficient (Wildman–Crippen LogP) is 4.53. The molecular weight excluding hydrogens is 428 g/mol. The molecule has 0 unspecified atom stereocenters. The number of fused-ring (bicyclic) bond motifs is 2. The number of hydrogen-bond donors (Lipinski definition) is 2. The first-order valence-electron chi connectivity index (χ1n) is 11.8. The Morgan fingerprint density at radius 1 is 1.06 bits per heavy atom. The first kappa shape index (κ1) is 20.7. The van der Waals surface area contributed by atoms with Crippen molar-refractivity contribution < 1.29 is 9.59 Å². The number of para-hydroxylation sites is 1. The Balaban J connectivity index is 1.40. The van der Waals surface area contributed by atoms with Crippen LogP contribution in [0.1, 0.15) is 38.2 Å². The van der Waals surface area contributed by atoms with Crippen LogP contribution in [0.5, 0.6) is 0 Å². The van der Waals surface area contributed by atoms with Gasteiger partial charge in [-0.25, -0.2) is 4.98 Å². The van der Waals surface area contributed by atoms with Crippen LogP contribution < -0.4 is 20.4 Å². The molecule has 2 amide bonds. The molecule has 2 aromatic carbocycles. The molecule has 2 aliphatic heterocycles. The third kappa shape index (κ3) is 3.46. The number of amides is 2. The second-order valence-corrected chi connectivity index (χ2v) is 9.16. The maximum absolute atomic E-state index is 13.5. The van der Waals surface area contributed by atoms with E-state index in [1.54, 1.807) is 11.1 Å². The highest BCUT2D eigenvalue weighted by Gasteiger charge is 2.41. The highest BCUT2D eigenvalue weighted by Crippen LogP contribution is 2.42. The first-order valence-corrected chi connectivity index (χ1v) is 11.8. The van der Waals surface area contributed by atoms with Crippen molar-refractivity contribution in [1.29, 1.82) is 0 Å². The molecule has 0 bridgehead atoms. The third-order valence-electron chi connectivity index (χ3n) is 6.95. The summed E-state index contributed by atoms with van der Waals surface area (Å²) in [6, 6.07) is 15.4. The fourth-order valence-electron chi connectivity index (χ4n) is 5.33. The van der Waals surface area contributed by atoms with E-state index in [2.05, 4.69) is 20.5 Å². The van der Waals surface area contributed by atoms with Gasteiger partial charge in [0.25, 0.3) is 5.91 Å². The van der Waals surface area contributed by atoms with E-state index < -0.39 is 0 Å². The third-order valence-corrected chi connectivity index (χ3v) is 6.95. The van der Waals surface area contributed by atoms with E-state index in [-0.39, 0.29) is 23.9 Å². The fourth-order valence-corrected chi connectivity index (χ4v) is 5.33. The Morgan fingerprint density at radius 2 is 1.85 bits per heavy atom. The molecule has 1 aliphatic carbocycles. The topological polar surface area (TPSA) is 90.5 Å². The zero-order valence-electron chi connectivity index (χ0n) is 19.0. The summed E-state index contributed by atoms with van der Waals surface area (Å²) in [7, 11) is 0. The minimum Gasteiger partial charge on any atom is -0.340 e. The van der Waals surface area contributed by atoms with Crippen LogP contribution in [0.15, 0.2) is 54.7 Å². The standard InChI is InChI=1S/C26H26N6O2/c1-16-25(34)32(20-7-3-2-4-8-20)22-15-27-26(30-24(22)31(16)19-9-5-6-10-19)28-18-11-12-21-17(13-18)14-23(33)29-21/h2-4,7-8,11-13,15-16,19H,5-6,9-10,14H2,1H3,(H,29,33)(H,27,28,30)/t16-/m1/s1. The Bertz CT molecular complexity index is 1270. The Morgan fingerprint density at radius 3 is 2.65 bits per heavy atom. The average molecular weight is 455 g/mol. The summed E-state index contributed by atoms with van der Waals surface area (Å²) in [4.78, 5) is 38.7. The van der Waals surface area contributed by atoms with Crippen LogP contribution in [0.2, 0.25) is 0 Å². The second kappa shape index (κ2) is 8.13. The van der Waals surface area contributed by atoms with Crippen LogP contribution in [-0.2, 0) is 16.0 Å². The minimum atomic E-state index is -0.323. The number of rotatable bonds is 4. The largest absolute Gasteiger partial charge is 0.340 e. The summed E-state index contributed by atoms with van der Waals surface area (Å²) in [5.41, 5.74) is 4.14. The second-order valence-electron chi connectivity index (χ2n) is 9.16. The molecule has 2 N–H and O–H groups in total. The number of aromatic nitrogens is 2. The smallest absolute Gasteiger partial charge is 0.254 e. The Labute approximate surface area is 198 Å². The first-order chi connectivity index (χ1) is 16.6. The Hall–Kier alpha value is -3.94. The molecule has 1 fully saturated rings. The van der Waals surface area contributed by atoms with Crippen molar-refractivity contribution in [3.8, 4) is 0 Å². The van der Waals surface area contributed by atoms with Gasteiger partial charge < -0.3 is 15.5 Å². The van der Waals surface area contributed by atoms with E-state index >= 15 is 0 Å². The summed E-state index contributed by atoms with van der Waals surface area (Å²) in [5, 5.41) is 6.15. The van der Waals surface area contributed by atoms with Gasteiger partial charge in [-0.15, -0.1) is 0 Å². The SMILES string of the molecule is C[C@@H]1C(=O)N(c2ccccc2)c2cnc(Nc3ccc4c(c3)CC(=O)N4)nc2N1C1CCCC1. The van der Waals surface area contributed by atoms with E-state index in [9.17, 15) is 9.59 Å². The summed E-state index contributed by atoms with van der Waals surface area (Å²) < 4.78 is 0. The van der Waals surface area contributed by atoms with Crippen LogP contribution in [0.25, 0.3) is 0 Å². The molecule has 8 heteroatoms. The van der Waals surface area contributed by atoms with E-state index in [1.807, 2.05) is 55.5 Å². The van der Waals surface area contributed by atoms with Crippen molar-refractivity contribution in [2.24, 2.45) is 0 Å². The van der Waals surface area contributed by atoms with Crippen LogP contribution in [0.3, 0.4) is 0 Å². The van der Waals surface area contributed by atoms with Crippen molar-refractivity contribution in [2.75, 3.05) is 20.4 Å². The molecule has 0 saturated heterocycles. The molecular formula is C26H26N6O2. The minimum absolute atomic E-state index is 0.00374. The van der Waals surface area contributed by atoms with Gasteiger partial charge in [0.2, 0.25) is 11.9 Å². The van der Waals surface area contributed by atoms with Crippen LogP contribution in [0, 0.1) is 0 Å². The quantitative estimate of drug-likeness (QED) is 0.602. The summed E-state index contributed by atoms with van der Waals surface area (Å²) in [6.07, 6.45) is 6.55. The molecule has 3 aliphatic rings. The summed E-state index contributed by atoms with van der Waals surface area (Å²) >= 11 is 0. The molecule has 1 aromatic heterocycles. The number of nitrogens with zero attached hydrogens (tertiary/aromatic N) is 4. The molecule has 8 nitrogen and oxygen atoms in total. The lowest BCUT2D eigenvalue weighted by atomic mass is 10.1. The van der Waals surface area contributed by atoms with Gasteiger partial charge in [0, 0.05) is 23.1 Å². The highest BCUT2D eigenvalue weighted by molar-refractivity contribution is 6.09. The van der Waals surface area contributed by atoms with Gasteiger partial charge in [-0.05, 0) is 55.7 Å². The molecule has 1 atom stereocenters. The van der Waals surface area contributed by atoms with Crippen molar-refractivity contribution in [3.63, 3.8) is 0 Å². The Kier molecular flexibility index (Phi) is 4.94. The van der Waals surface area contributed by atoms with Gasteiger partial charge in [-0.1, -0.05) is 31.0 Å². The van der Waals surface area contributed by atoms with Crippen molar-refractivity contribution in [3.05, 3.63) is 60.3 Å². The van der Waals surface area contributed by atoms with Crippen LogP contribution in [0.4, 0.5) is 34.5 Å². The molecule has 3 aromatic rings. The van der Waals surface area contributed by atoms with Gasteiger partial charge >= 0.3 is 0 Å². The van der Waals surface area contributed by atoms with E-state index in [0.29, 0.717) is 18.1 Å². The van der Waals surface area contributed by atoms with E-state index in [1.165, 1.54) is 0 Å². The van der Waals surface area contributed by atoms with Gasteiger partial charge in [0.15, 0.2) is 5.82 Å². The lowest BCUT2D eigenvalue weighted by Crippen LogP contribution is -2.54. The molecule has 0 spiro atoms. The van der Waals surface area contributed by atoms with Crippen molar-refractivity contribution >= 4 is 46.3 Å². The lowest BCUT2D eigenvalue weighted by molar-refractivity contribution is -0.119. The molecule has 1 saturated carbocycles. The molecule has 34 heavy (non-hydrogen) atoms. The van der Waals surface area contributed by atoms with E-state index in [4.69, 9.17) is 4.98 Å². The van der Waals surface area contributed by atoms with Crippen molar-refractivity contribution in [2.45, 2.75) is 51.1 Å². The number of benzene rings is 2. The zero-order chi connectivity index (χ0) is 23.2. The number of carbonyl (C=O) groups is 2. The average Bonchev–Trinajstić information content (AvgIpc) is 3.49. The number of anilines is 6. The molecule has 0 radical (unpaired) electrons.